The summed E-state index contributed by atoms with van der Waals surface area (Å²) in [7, 11) is 0. The van der Waals surface area contributed by atoms with Gasteiger partial charge in [0, 0.05) is 17.6 Å². The highest BCUT2D eigenvalue weighted by Crippen LogP contribution is 2.28. The highest BCUT2D eigenvalue weighted by Gasteiger charge is 2.32. The topological polar surface area (TPSA) is 30.5 Å². The summed E-state index contributed by atoms with van der Waals surface area (Å²) in [6, 6.07) is 6.17. The molecule has 1 heterocycles. The monoisotopic (exact) mass is 235 g/mol. The molecule has 1 aromatic rings. The van der Waals surface area contributed by atoms with Gasteiger partial charge < -0.3 is 14.8 Å². The first-order chi connectivity index (χ1) is 8.13. The summed E-state index contributed by atoms with van der Waals surface area (Å²) in [6.45, 7) is 9.73. The lowest BCUT2D eigenvalue weighted by molar-refractivity contribution is -0.0924. The van der Waals surface area contributed by atoms with Crippen molar-refractivity contribution in [3.63, 3.8) is 0 Å². The number of aryl methyl sites for hydroxylation is 1. The second-order valence-electron chi connectivity index (χ2n) is 5.07. The molecule has 0 unspecified atom stereocenters. The van der Waals surface area contributed by atoms with Crippen LogP contribution in [0.25, 0.3) is 0 Å². The summed E-state index contributed by atoms with van der Waals surface area (Å²) in [6.07, 6.45) is 0. The van der Waals surface area contributed by atoms with Gasteiger partial charge in [-0.3, -0.25) is 0 Å². The predicted molar refractivity (Wildman–Crippen MR) is 69.8 cm³/mol. The fraction of sp³-hybridized carbons (Fsp3) is 0.571. The molecule has 1 N–H and O–H groups in total. The maximum atomic E-state index is 5.47. The van der Waals surface area contributed by atoms with Gasteiger partial charge in [-0.2, -0.15) is 0 Å². The van der Waals surface area contributed by atoms with Gasteiger partial charge in [-0.05, 0) is 37.6 Å². The molecule has 1 aliphatic rings. The number of benzene rings is 1. The van der Waals surface area contributed by atoms with Crippen molar-refractivity contribution in [2.45, 2.75) is 20.8 Å². The Labute approximate surface area is 103 Å². The highest BCUT2D eigenvalue weighted by atomic mass is 16.5. The number of nitrogens with one attached hydrogen (secondary N) is 1. The Morgan fingerprint density at radius 2 is 2.18 bits per heavy atom. The van der Waals surface area contributed by atoms with Crippen molar-refractivity contribution >= 4 is 5.69 Å². The quantitative estimate of drug-likeness (QED) is 0.851. The lowest BCUT2D eigenvalue weighted by atomic mass is 9.88. The predicted octanol–water partition coefficient (Wildman–Crippen LogP) is 2.84. The van der Waals surface area contributed by atoms with E-state index in [1.54, 1.807) is 0 Å². The van der Waals surface area contributed by atoms with Crippen LogP contribution in [0.15, 0.2) is 18.2 Å². The van der Waals surface area contributed by atoms with Gasteiger partial charge in [0.1, 0.15) is 5.75 Å². The van der Waals surface area contributed by atoms with Gasteiger partial charge in [0.2, 0.25) is 0 Å². The minimum absolute atomic E-state index is 0.297. The minimum atomic E-state index is 0.297. The molecule has 2 rings (SSSR count). The molecule has 0 radical (unpaired) electrons. The second-order valence-corrected chi connectivity index (χ2v) is 5.07. The molecule has 0 aliphatic carbocycles. The molecule has 0 spiro atoms. The van der Waals surface area contributed by atoms with Gasteiger partial charge in [-0.15, -0.1) is 0 Å². The van der Waals surface area contributed by atoms with Crippen LogP contribution in [0.1, 0.15) is 19.4 Å². The van der Waals surface area contributed by atoms with E-state index in [1.807, 2.05) is 13.0 Å². The number of hydrogen-bond acceptors (Lipinski definition) is 3. The zero-order valence-electron chi connectivity index (χ0n) is 10.9. The van der Waals surface area contributed by atoms with Gasteiger partial charge in [0.05, 0.1) is 19.8 Å². The van der Waals surface area contributed by atoms with Crippen LogP contribution in [0.4, 0.5) is 5.69 Å². The Kier molecular flexibility index (Phi) is 3.57. The first-order valence-corrected chi connectivity index (χ1v) is 6.18. The van der Waals surface area contributed by atoms with Crippen LogP contribution in [0.5, 0.6) is 5.75 Å². The number of ether oxygens (including phenoxy) is 2. The average molecular weight is 235 g/mol. The van der Waals surface area contributed by atoms with E-state index in [0.29, 0.717) is 12.0 Å². The van der Waals surface area contributed by atoms with Crippen LogP contribution in [-0.2, 0) is 4.74 Å². The van der Waals surface area contributed by atoms with Gasteiger partial charge >= 0.3 is 0 Å². The lowest BCUT2D eigenvalue weighted by Gasteiger charge is -2.38. The normalized spacial score (nSPS) is 17.4. The Morgan fingerprint density at radius 3 is 2.71 bits per heavy atom. The van der Waals surface area contributed by atoms with Crippen molar-refractivity contribution in [1.82, 2.24) is 0 Å². The van der Waals surface area contributed by atoms with E-state index in [1.165, 1.54) is 11.3 Å². The summed E-state index contributed by atoms with van der Waals surface area (Å²) >= 11 is 0. The molecule has 0 bridgehead atoms. The molecule has 3 nitrogen and oxygen atoms in total. The molecule has 0 saturated carbocycles. The summed E-state index contributed by atoms with van der Waals surface area (Å²) in [5.74, 6) is 0.939. The highest BCUT2D eigenvalue weighted by molar-refractivity contribution is 5.53. The molecule has 17 heavy (non-hydrogen) atoms. The van der Waals surface area contributed by atoms with Crippen molar-refractivity contribution in [2.24, 2.45) is 5.41 Å². The largest absolute Gasteiger partial charge is 0.494 e. The SMILES string of the molecule is CCOc1ccc(NCC2(C)COC2)c(C)c1. The van der Waals surface area contributed by atoms with E-state index < -0.39 is 0 Å². The Morgan fingerprint density at radius 1 is 1.41 bits per heavy atom. The molecule has 1 saturated heterocycles. The fourth-order valence-corrected chi connectivity index (χ4v) is 1.95. The van der Waals surface area contributed by atoms with E-state index >= 15 is 0 Å². The number of rotatable bonds is 5. The number of anilines is 1. The Hall–Kier alpha value is -1.22. The maximum absolute atomic E-state index is 5.47. The van der Waals surface area contributed by atoms with Crippen LogP contribution in [0, 0.1) is 12.3 Å². The molecule has 0 atom stereocenters. The Bertz CT molecular complexity index is 386. The summed E-state index contributed by atoms with van der Waals surface area (Å²) in [4.78, 5) is 0. The van der Waals surface area contributed by atoms with Crippen LogP contribution in [0.2, 0.25) is 0 Å². The van der Waals surface area contributed by atoms with Gasteiger partial charge in [0.15, 0.2) is 0 Å². The summed E-state index contributed by atoms with van der Waals surface area (Å²) < 4.78 is 10.7. The van der Waals surface area contributed by atoms with E-state index in [9.17, 15) is 0 Å². The molecular formula is C14H21NO2. The van der Waals surface area contributed by atoms with Gasteiger partial charge in [0.25, 0.3) is 0 Å². The van der Waals surface area contributed by atoms with Crippen LogP contribution < -0.4 is 10.1 Å². The summed E-state index contributed by atoms with van der Waals surface area (Å²) in [5.41, 5.74) is 2.70. The second kappa shape index (κ2) is 4.96. The van der Waals surface area contributed by atoms with Gasteiger partial charge in [-0.1, -0.05) is 6.92 Å². The molecule has 94 valence electrons. The van der Waals surface area contributed by atoms with Crippen LogP contribution in [0.3, 0.4) is 0 Å². The maximum Gasteiger partial charge on any atom is 0.119 e. The first kappa shape index (κ1) is 12.2. The third-order valence-electron chi connectivity index (χ3n) is 3.12. The zero-order valence-corrected chi connectivity index (χ0v) is 10.9. The van der Waals surface area contributed by atoms with Crippen LogP contribution in [-0.4, -0.2) is 26.4 Å². The van der Waals surface area contributed by atoms with E-state index in [4.69, 9.17) is 9.47 Å². The number of hydrogen-bond donors (Lipinski definition) is 1. The fourth-order valence-electron chi connectivity index (χ4n) is 1.95. The molecule has 1 aliphatic heterocycles. The Balaban J connectivity index is 1.96. The molecular weight excluding hydrogens is 214 g/mol. The third kappa shape index (κ3) is 2.91. The average Bonchev–Trinajstić information content (AvgIpc) is 2.26. The molecule has 0 aromatic heterocycles. The lowest BCUT2D eigenvalue weighted by Crippen LogP contribution is -2.45. The smallest absolute Gasteiger partial charge is 0.119 e. The molecule has 0 amide bonds. The van der Waals surface area contributed by atoms with E-state index in [0.717, 1.165) is 25.5 Å². The van der Waals surface area contributed by atoms with Crippen molar-refractivity contribution in [3.05, 3.63) is 23.8 Å². The molecule has 1 aromatic carbocycles. The van der Waals surface area contributed by atoms with Crippen molar-refractivity contribution in [2.75, 3.05) is 31.7 Å². The van der Waals surface area contributed by atoms with Crippen molar-refractivity contribution in [1.29, 1.82) is 0 Å². The van der Waals surface area contributed by atoms with E-state index in [-0.39, 0.29) is 0 Å². The van der Waals surface area contributed by atoms with Crippen molar-refractivity contribution < 1.29 is 9.47 Å². The third-order valence-corrected chi connectivity index (χ3v) is 3.12. The first-order valence-electron chi connectivity index (χ1n) is 6.18. The van der Waals surface area contributed by atoms with Crippen LogP contribution >= 0.6 is 0 Å². The molecule has 3 heteroatoms. The summed E-state index contributed by atoms with van der Waals surface area (Å²) in [5, 5.41) is 3.49. The zero-order chi connectivity index (χ0) is 12.3. The molecule has 1 fully saturated rings. The minimum Gasteiger partial charge on any atom is -0.494 e. The standard InChI is InChI=1S/C14H21NO2/c1-4-17-12-5-6-13(11(2)7-12)15-8-14(3)9-16-10-14/h5-7,15H,4,8-10H2,1-3H3. The van der Waals surface area contributed by atoms with Crippen molar-refractivity contribution in [3.8, 4) is 5.75 Å². The van der Waals surface area contributed by atoms with E-state index in [2.05, 4.69) is 31.3 Å². The van der Waals surface area contributed by atoms with Gasteiger partial charge in [-0.25, -0.2) is 0 Å².